The third-order valence-electron chi connectivity index (χ3n) is 4.75. The van der Waals surface area contributed by atoms with E-state index in [4.69, 9.17) is 14.2 Å². The normalized spacial score (nSPS) is 12.8. The van der Waals surface area contributed by atoms with Crippen LogP contribution in [0.4, 0.5) is 0 Å². The zero-order valence-electron chi connectivity index (χ0n) is 18.0. The van der Waals surface area contributed by atoms with Crippen LogP contribution in [0.1, 0.15) is 36.7 Å². The predicted octanol–water partition coefficient (Wildman–Crippen LogP) is 3.97. The van der Waals surface area contributed by atoms with Crippen molar-refractivity contribution in [1.29, 1.82) is 0 Å². The zero-order chi connectivity index (χ0) is 21.7. The Morgan fingerprint density at radius 2 is 1.83 bits per heavy atom. The molecule has 0 radical (unpaired) electrons. The third kappa shape index (κ3) is 4.55. The lowest BCUT2D eigenvalue weighted by Gasteiger charge is -2.15. The molecule has 0 aliphatic carbocycles. The van der Waals surface area contributed by atoms with E-state index >= 15 is 0 Å². The molecule has 0 saturated heterocycles. The average molecular weight is 430 g/mol. The van der Waals surface area contributed by atoms with E-state index in [-0.39, 0.29) is 0 Å². The summed E-state index contributed by atoms with van der Waals surface area (Å²) < 4.78 is 30.8. The fourth-order valence-corrected chi connectivity index (χ4v) is 4.01. The molecule has 0 fully saturated rings. The maximum absolute atomic E-state index is 12.8. The van der Waals surface area contributed by atoms with Crippen molar-refractivity contribution in [3.05, 3.63) is 47.4 Å². The number of nitrogens with zero attached hydrogens (tertiary/aromatic N) is 3. The number of rotatable bonds is 9. The SMILES string of the molecule is CCCCc1cc(/C(=C/c2cc(OC)c(OC)c(OC)c2)[S+](C)[O-])n2nccc2n1. The highest BCUT2D eigenvalue weighted by molar-refractivity contribution is 8.00. The summed E-state index contributed by atoms with van der Waals surface area (Å²) >= 11 is -1.27. The van der Waals surface area contributed by atoms with E-state index in [1.807, 2.05) is 30.3 Å². The third-order valence-corrected chi connectivity index (χ3v) is 5.69. The number of ether oxygens (including phenoxy) is 3. The first kappa shape index (κ1) is 22.0. The number of fused-ring (bicyclic) bond motifs is 1. The molecular formula is C22H27N3O4S. The Morgan fingerprint density at radius 1 is 1.13 bits per heavy atom. The molecule has 30 heavy (non-hydrogen) atoms. The first-order chi connectivity index (χ1) is 14.5. The predicted molar refractivity (Wildman–Crippen MR) is 120 cm³/mol. The van der Waals surface area contributed by atoms with Gasteiger partial charge in [0.25, 0.3) is 0 Å². The minimum absolute atomic E-state index is 0.511. The minimum atomic E-state index is -1.27. The first-order valence-electron chi connectivity index (χ1n) is 9.71. The van der Waals surface area contributed by atoms with Crippen molar-refractivity contribution in [3.63, 3.8) is 0 Å². The molecule has 1 atom stereocenters. The van der Waals surface area contributed by atoms with E-state index < -0.39 is 11.2 Å². The second kappa shape index (κ2) is 9.86. The lowest BCUT2D eigenvalue weighted by molar-refractivity contribution is 0.324. The van der Waals surface area contributed by atoms with E-state index in [2.05, 4.69) is 17.0 Å². The van der Waals surface area contributed by atoms with E-state index in [9.17, 15) is 4.55 Å². The molecule has 0 N–H and O–H groups in total. The van der Waals surface area contributed by atoms with Crippen molar-refractivity contribution in [1.82, 2.24) is 14.6 Å². The second-order valence-corrected chi connectivity index (χ2v) is 8.11. The van der Waals surface area contributed by atoms with Gasteiger partial charge in [0.1, 0.15) is 11.9 Å². The van der Waals surface area contributed by atoms with Gasteiger partial charge >= 0.3 is 0 Å². The minimum Gasteiger partial charge on any atom is -0.612 e. The van der Waals surface area contributed by atoms with Crippen molar-refractivity contribution < 1.29 is 18.8 Å². The summed E-state index contributed by atoms with van der Waals surface area (Å²) in [5.74, 6) is 1.58. The Morgan fingerprint density at radius 3 is 2.40 bits per heavy atom. The van der Waals surface area contributed by atoms with E-state index in [1.165, 1.54) is 0 Å². The number of unbranched alkanes of at least 4 members (excludes halogenated alkanes) is 1. The molecule has 0 bridgehead atoms. The summed E-state index contributed by atoms with van der Waals surface area (Å²) in [5, 5.41) is 4.39. The number of hydrogen-bond acceptors (Lipinski definition) is 6. The van der Waals surface area contributed by atoms with Crippen LogP contribution in [0, 0.1) is 0 Å². The molecule has 8 heteroatoms. The maximum Gasteiger partial charge on any atom is 0.203 e. The Kier molecular flexibility index (Phi) is 7.23. The molecule has 0 amide bonds. The molecule has 1 unspecified atom stereocenters. The van der Waals surface area contributed by atoms with Gasteiger partial charge in [-0.15, -0.1) is 0 Å². The summed E-state index contributed by atoms with van der Waals surface area (Å²) in [5.41, 5.74) is 3.23. The quantitative estimate of drug-likeness (QED) is 0.479. The van der Waals surface area contributed by atoms with Crippen LogP contribution in [0.3, 0.4) is 0 Å². The highest BCUT2D eigenvalue weighted by Gasteiger charge is 2.20. The summed E-state index contributed by atoms with van der Waals surface area (Å²) in [7, 11) is 4.70. The van der Waals surface area contributed by atoms with Gasteiger partial charge in [-0.3, -0.25) is 0 Å². The Labute approximate surface area is 179 Å². The van der Waals surface area contributed by atoms with Crippen LogP contribution < -0.4 is 14.2 Å². The van der Waals surface area contributed by atoms with Crippen LogP contribution in [0.25, 0.3) is 16.6 Å². The van der Waals surface area contributed by atoms with Gasteiger partial charge in [-0.1, -0.05) is 13.3 Å². The molecule has 2 heterocycles. The fraction of sp³-hybridized carbons (Fsp3) is 0.364. The van der Waals surface area contributed by atoms with Crippen molar-refractivity contribution >= 4 is 27.8 Å². The van der Waals surface area contributed by atoms with Gasteiger partial charge in [-0.2, -0.15) is 5.10 Å². The van der Waals surface area contributed by atoms with E-state index in [1.54, 1.807) is 38.3 Å². The molecule has 7 nitrogen and oxygen atoms in total. The van der Waals surface area contributed by atoms with Gasteiger partial charge in [0, 0.05) is 17.8 Å². The second-order valence-electron chi connectivity index (χ2n) is 6.76. The number of aryl methyl sites for hydroxylation is 1. The molecular weight excluding hydrogens is 402 g/mol. The van der Waals surface area contributed by atoms with Crippen LogP contribution in [-0.2, 0) is 17.6 Å². The van der Waals surface area contributed by atoms with Gasteiger partial charge in [0.2, 0.25) is 5.75 Å². The first-order valence-corrected chi connectivity index (χ1v) is 11.3. The highest BCUT2D eigenvalue weighted by Crippen LogP contribution is 2.39. The molecule has 0 aliphatic heterocycles. The molecule has 3 aromatic rings. The number of benzene rings is 1. The Hall–Kier alpha value is -2.71. The van der Waals surface area contributed by atoms with Gasteiger partial charge in [0.15, 0.2) is 22.1 Å². The van der Waals surface area contributed by atoms with Crippen LogP contribution >= 0.6 is 0 Å². The number of hydrogen-bond donors (Lipinski definition) is 0. The lowest BCUT2D eigenvalue weighted by atomic mass is 10.1. The fourth-order valence-electron chi connectivity index (χ4n) is 3.27. The van der Waals surface area contributed by atoms with Gasteiger partial charge < -0.3 is 18.8 Å². The van der Waals surface area contributed by atoms with Crippen LogP contribution in [-0.4, -0.2) is 46.7 Å². The molecule has 1 aromatic carbocycles. The standard InChI is InChI=1S/C22H27N3O4S/c1-6-7-8-16-14-17(25-21(24-16)9-10-23-25)20(30(5)26)13-15-11-18(27-2)22(29-4)19(12-15)28-3/h9-14H,6-8H2,1-5H3/b20-13-. The largest absolute Gasteiger partial charge is 0.612 e. The van der Waals surface area contributed by atoms with Crippen LogP contribution in [0.15, 0.2) is 30.5 Å². The molecule has 0 spiro atoms. The van der Waals surface area contributed by atoms with E-state index in [0.29, 0.717) is 22.2 Å². The number of methoxy groups -OCH3 is 3. The Balaban J connectivity index is 2.17. The molecule has 3 rings (SSSR count). The highest BCUT2D eigenvalue weighted by atomic mass is 32.2. The summed E-state index contributed by atoms with van der Waals surface area (Å²) in [6, 6.07) is 7.48. The topological polar surface area (TPSA) is 80.9 Å². The van der Waals surface area contributed by atoms with Crippen LogP contribution in [0.5, 0.6) is 17.2 Å². The molecule has 160 valence electrons. The van der Waals surface area contributed by atoms with Crippen molar-refractivity contribution in [2.24, 2.45) is 0 Å². The van der Waals surface area contributed by atoms with Gasteiger partial charge in [-0.05, 0) is 47.8 Å². The van der Waals surface area contributed by atoms with Crippen molar-refractivity contribution in [3.8, 4) is 17.2 Å². The lowest BCUT2D eigenvalue weighted by Crippen LogP contribution is -2.09. The van der Waals surface area contributed by atoms with Crippen molar-refractivity contribution in [2.75, 3.05) is 27.6 Å². The van der Waals surface area contributed by atoms with Crippen LogP contribution in [0.2, 0.25) is 0 Å². The maximum atomic E-state index is 12.8. The summed E-state index contributed by atoms with van der Waals surface area (Å²) in [6.07, 6.45) is 8.20. The average Bonchev–Trinajstić information content (AvgIpc) is 3.23. The Bertz CT molecular complexity index is 1020. The zero-order valence-corrected chi connectivity index (χ0v) is 18.8. The summed E-state index contributed by atoms with van der Waals surface area (Å²) in [4.78, 5) is 5.31. The monoisotopic (exact) mass is 429 g/mol. The molecule has 0 saturated carbocycles. The summed E-state index contributed by atoms with van der Waals surface area (Å²) in [6.45, 7) is 2.15. The number of aromatic nitrogens is 3. The van der Waals surface area contributed by atoms with Gasteiger partial charge in [-0.25, -0.2) is 9.50 Å². The molecule has 2 aromatic heterocycles. The van der Waals surface area contributed by atoms with Gasteiger partial charge in [0.05, 0.1) is 27.5 Å². The van der Waals surface area contributed by atoms with Crippen molar-refractivity contribution in [2.45, 2.75) is 26.2 Å². The molecule has 0 aliphatic rings. The smallest absolute Gasteiger partial charge is 0.203 e. The van der Waals surface area contributed by atoms with E-state index in [0.717, 1.165) is 41.9 Å².